The summed E-state index contributed by atoms with van der Waals surface area (Å²) in [6.07, 6.45) is 0. The van der Waals surface area contributed by atoms with Crippen LogP contribution in [0.25, 0.3) is 0 Å². The molecule has 0 heterocycles. The molecule has 0 aliphatic rings. The number of nitrogen functional groups attached to an aromatic ring is 1. The predicted molar refractivity (Wildman–Crippen MR) is 70.6 cm³/mol. The van der Waals surface area contributed by atoms with Crippen LogP contribution in [0.15, 0.2) is 12.1 Å². The van der Waals surface area contributed by atoms with E-state index in [1.54, 1.807) is 19.2 Å². The SMILES string of the molecule is COCC(C)N(C)c1cc(Cl)c(Cl)cc1N. The minimum Gasteiger partial charge on any atom is -0.397 e. The van der Waals surface area contributed by atoms with Crippen LogP contribution in [0.1, 0.15) is 6.92 Å². The monoisotopic (exact) mass is 262 g/mol. The van der Waals surface area contributed by atoms with Crippen molar-refractivity contribution in [3.8, 4) is 0 Å². The van der Waals surface area contributed by atoms with Crippen LogP contribution in [0.3, 0.4) is 0 Å². The van der Waals surface area contributed by atoms with Gasteiger partial charge in [0.25, 0.3) is 0 Å². The molecule has 5 heteroatoms. The van der Waals surface area contributed by atoms with Gasteiger partial charge < -0.3 is 15.4 Å². The molecule has 3 nitrogen and oxygen atoms in total. The number of halogens is 2. The highest BCUT2D eigenvalue weighted by Crippen LogP contribution is 2.33. The third-order valence-corrected chi connectivity index (χ3v) is 3.24. The van der Waals surface area contributed by atoms with Gasteiger partial charge in [-0.15, -0.1) is 0 Å². The quantitative estimate of drug-likeness (QED) is 0.848. The Morgan fingerprint density at radius 2 is 1.94 bits per heavy atom. The minimum absolute atomic E-state index is 0.213. The van der Waals surface area contributed by atoms with Crippen molar-refractivity contribution >= 4 is 34.6 Å². The summed E-state index contributed by atoms with van der Waals surface area (Å²) in [5, 5.41) is 0.970. The fourth-order valence-electron chi connectivity index (χ4n) is 1.45. The highest BCUT2D eigenvalue weighted by Gasteiger charge is 2.14. The van der Waals surface area contributed by atoms with Gasteiger partial charge in [0, 0.05) is 20.2 Å². The number of ether oxygens (including phenoxy) is 1. The first-order valence-corrected chi connectivity index (χ1v) is 5.69. The second-order valence-corrected chi connectivity index (χ2v) is 4.55. The fourth-order valence-corrected chi connectivity index (χ4v) is 1.78. The van der Waals surface area contributed by atoms with Gasteiger partial charge in [-0.2, -0.15) is 0 Å². The summed E-state index contributed by atoms with van der Waals surface area (Å²) >= 11 is 11.8. The molecular formula is C11H16Cl2N2O. The molecule has 1 atom stereocenters. The zero-order valence-electron chi connectivity index (χ0n) is 9.63. The maximum atomic E-state index is 5.97. The van der Waals surface area contributed by atoms with Crippen molar-refractivity contribution in [1.82, 2.24) is 0 Å². The fraction of sp³-hybridized carbons (Fsp3) is 0.455. The number of anilines is 2. The van der Waals surface area contributed by atoms with E-state index in [0.29, 0.717) is 22.3 Å². The Balaban J connectivity index is 2.99. The van der Waals surface area contributed by atoms with Gasteiger partial charge in [-0.05, 0) is 19.1 Å². The van der Waals surface area contributed by atoms with Crippen molar-refractivity contribution in [2.24, 2.45) is 0 Å². The molecule has 0 saturated carbocycles. The zero-order chi connectivity index (χ0) is 12.3. The van der Waals surface area contributed by atoms with Gasteiger partial charge in [-0.25, -0.2) is 0 Å². The Bertz CT molecular complexity index is 371. The smallest absolute Gasteiger partial charge is 0.0663 e. The summed E-state index contributed by atoms with van der Waals surface area (Å²) < 4.78 is 5.10. The second-order valence-electron chi connectivity index (χ2n) is 3.74. The molecule has 2 N–H and O–H groups in total. The molecule has 1 unspecified atom stereocenters. The van der Waals surface area contributed by atoms with Crippen LogP contribution in [-0.2, 0) is 4.74 Å². The number of likely N-dealkylation sites (N-methyl/N-ethyl adjacent to an activating group) is 1. The topological polar surface area (TPSA) is 38.5 Å². The van der Waals surface area contributed by atoms with Crippen molar-refractivity contribution in [2.75, 3.05) is 31.4 Å². The van der Waals surface area contributed by atoms with E-state index < -0.39 is 0 Å². The number of nitrogens with zero attached hydrogens (tertiary/aromatic N) is 1. The van der Waals surface area contributed by atoms with Gasteiger partial charge in [0.05, 0.1) is 28.0 Å². The van der Waals surface area contributed by atoms with Crippen LogP contribution in [0.5, 0.6) is 0 Å². The standard InChI is InChI=1S/C11H16Cl2N2O/c1-7(6-16-3)15(2)11-5-9(13)8(12)4-10(11)14/h4-5,7H,6,14H2,1-3H3. The lowest BCUT2D eigenvalue weighted by Gasteiger charge is -2.28. The number of methoxy groups -OCH3 is 1. The van der Waals surface area contributed by atoms with Crippen LogP contribution >= 0.6 is 23.2 Å². The lowest BCUT2D eigenvalue weighted by atomic mass is 10.2. The lowest BCUT2D eigenvalue weighted by Crippen LogP contribution is -2.33. The highest BCUT2D eigenvalue weighted by molar-refractivity contribution is 6.42. The third-order valence-electron chi connectivity index (χ3n) is 2.52. The van der Waals surface area contributed by atoms with E-state index in [2.05, 4.69) is 0 Å². The van der Waals surface area contributed by atoms with E-state index in [0.717, 1.165) is 5.69 Å². The third kappa shape index (κ3) is 2.94. The summed E-state index contributed by atoms with van der Waals surface area (Å²) in [5.74, 6) is 0. The molecule has 0 fully saturated rings. The van der Waals surface area contributed by atoms with E-state index in [-0.39, 0.29) is 6.04 Å². The van der Waals surface area contributed by atoms with Crippen LogP contribution in [-0.4, -0.2) is 26.8 Å². The van der Waals surface area contributed by atoms with Gasteiger partial charge in [0.15, 0.2) is 0 Å². The molecule has 90 valence electrons. The van der Waals surface area contributed by atoms with Crippen molar-refractivity contribution in [1.29, 1.82) is 0 Å². The summed E-state index contributed by atoms with van der Waals surface area (Å²) in [6.45, 7) is 2.67. The Morgan fingerprint density at radius 3 is 2.50 bits per heavy atom. The van der Waals surface area contributed by atoms with Gasteiger partial charge in [0.1, 0.15) is 0 Å². The van der Waals surface area contributed by atoms with Crippen LogP contribution in [0.2, 0.25) is 10.0 Å². The summed E-state index contributed by atoms with van der Waals surface area (Å²) in [6, 6.07) is 3.64. The lowest BCUT2D eigenvalue weighted by molar-refractivity contribution is 0.183. The largest absolute Gasteiger partial charge is 0.397 e. The van der Waals surface area contributed by atoms with E-state index >= 15 is 0 Å². The number of hydrogen-bond donors (Lipinski definition) is 1. The summed E-state index contributed by atoms with van der Waals surface area (Å²) in [5.41, 5.74) is 7.37. The van der Waals surface area contributed by atoms with Crippen molar-refractivity contribution in [3.63, 3.8) is 0 Å². The van der Waals surface area contributed by atoms with Gasteiger partial charge in [0.2, 0.25) is 0 Å². The first-order valence-electron chi connectivity index (χ1n) is 4.93. The normalized spacial score (nSPS) is 12.6. The molecule has 0 aliphatic carbocycles. The van der Waals surface area contributed by atoms with E-state index in [4.69, 9.17) is 33.7 Å². The van der Waals surface area contributed by atoms with Gasteiger partial charge in [-0.1, -0.05) is 23.2 Å². The second kappa shape index (κ2) is 5.62. The molecule has 0 radical (unpaired) electrons. The average Bonchev–Trinajstić information content (AvgIpc) is 2.23. The zero-order valence-corrected chi connectivity index (χ0v) is 11.1. The molecule has 0 amide bonds. The molecule has 1 aromatic carbocycles. The first kappa shape index (κ1) is 13.4. The molecule has 0 spiro atoms. The molecule has 16 heavy (non-hydrogen) atoms. The maximum absolute atomic E-state index is 5.97. The van der Waals surface area contributed by atoms with Crippen LogP contribution in [0.4, 0.5) is 11.4 Å². The van der Waals surface area contributed by atoms with Crippen LogP contribution in [0, 0.1) is 0 Å². The van der Waals surface area contributed by atoms with Crippen molar-refractivity contribution < 1.29 is 4.74 Å². The number of rotatable bonds is 4. The molecule has 1 aromatic rings. The van der Waals surface area contributed by atoms with Gasteiger partial charge >= 0.3 is 0 Å². The van der Waals surface area contributed by atoms with Crippen molar-refractivity contribution in [3.05, 3.63) is 22.2 Å². The van der Waals surface area contributed by atoms with E-state index in [1.165, 1.54) is 0 Å². The molecule has 0 aromatic heterocycles. The Morgan fingerprint density at radius 1 is 1.38 bits per heavy atom. The average molecular weight is 263 g/mol. The maximum Gasteiger partial charge on any atom is 0.0663 e. The van der Waals surface area contributed by atoms with E-state index in [9.17, 15) is 0 Å². The molecule has 0 aliphatic heterocycles. The number of nitrogens with two attached hydrogens (primary N) is 1. The highest BCUT2D eigenvalue weighted by atomic mass is 35.5. The van der Waals surface area contributed by atoms with Crippen LogP contribution < -0.4 is 10.6 Å². The first-order chi connectivity index (χ1) is 7.47. The molecule has 0 bridgehead atoms. The molecule has 0 saturated heterocycles. The Kier molecular flexibility index (Phi) is 4.71. The van der Waals surface area contributed by atoms with Crippen molar-refractivity contribution in [2.45, 2.75) is 13.0 Å². The predicted octanol–water partition coefficient (Wildman–Crippen LogP) is 3.05. The Hall–Kier alpha value is -0.640. The number of hydrogen-bond acceptors (Lipinski definition) is 3. The number of benzene rings is 1. The van der Waals surface area contributed by atoms with Gasteiger partial charge in [-0.3, -0.25) is 0 Å². The summed E-state index contributed by atoms with van der Waals surface area (Å²) in [7, 11) is 3.61. The molecular weight excluding hydrogens is 247 g/mol. The summed E-state index contributed by atoms with van der Waals surface area (Å²) in [4.78, 5) is 2.01. The minimum atomic E-state index is 0.213. The van der Waals surface area contributed by atoms with E-state index in [1.807, 2.05) is 18.9 Å². The molecule has 1 rings (SSSR count). The Labute approximate surface area is 106 Å².